The van der Waals surface area contributed by atoms with Crippen molar-refractivity contribution in [3.05, 3.63) is 17.6 Å². The van der Waals surface area contributed by atoms with E-state index in [-0.39, 0.29) is 6.10 Å². The van der Waals surface area contributed by atoms with Crippen LogP contribution in [0.15, 0.2) is 6.07 Å². The quantitative estimate of drug-likeness (QED) is 0.835. The normalized spacial score (nSPS) is 17.7. The van der Waals surface area contributed by atoms with Crippen LogP contribution in [0.5, 0.6) is 0 Å². The van der Waals surface area contributed by atoms with Crippen molar-refractivity contribution < 1.29 is 9.47 Å². The lowest BCUT2D eigenvalue weighted by atomic mass is 9.85. The fourth-order valence-corrected chi connectivity index (χ4v) is 3.03. The average Bonchev–Trinajstić information content (AvgIpc) is 2.53. The molecule has 1 atom stereocenters. The number of hydrogen-bond acceptors (Lipinski definition) is 5. The van der Waals surface area contributed by atoms with Crippen molar-refractivity contribution in [2.24, 2.45) is 5.92 Å². The number of anilines is 1. The first-order valence-corrected chi connectivity index (χ1v) is 7.94. The van der Waals surface area contributed by atoms with E-state index >= 15 is 0 Å². The molecule has 1 N–H and O–H groups in total. The maximum absolute atomic E-state index is 6.01. The first kappa shape index (κ1) is 16.2. The molecule has 0 radical (unpaired) electrons. The molecule has 21 heavy (non-hydrogen) atoms. The standard InChI is InChI=1S/C16H27N3O2/c1-4-21-15(12-8-6-5-7-9-12)16-18-13(11-20-3)10-14(17-2)19-16/h10,12,15H,4-9,11H2,1-3H3,(H,17,18,19). The zero-order valence-corrected chi connectivity index (χ0v) is 13.4. The number of nitrogens with zero attached hydrogens (tertiary/aromatic N) is 2. The number of nitrogens with one attached hydrogen (secondary N) is 1. The van der Waals surface area contributed by atoms with Gasteiger partial charge < -0.3 is 14.8 Å². The first-order valence-electron chi connectivity index (χ1n) is 7.94. The van der Waals surface area contributed by atoms with Gasteiger partial charge in [-0.05, 0) is 25.7 Å². The van der Waals surface area contributed by atoms with Crippen LogP contribution < -0.4 is 5.32 Å². The maximum atomic E-state index is 6.01. The van der Waals surface area contributed by atoms with Gasteiger partial charge in [-0.15, -0.1) is 0 Å². The minimum atomic E-state index is -0.000735. The topological polar surface area (TPSA) is 56.3 Å². The highest BCUT2D eigenvalue weighted by Gasteiger charge is 2.28. The Morgan fingerprint density at radius 1 is 1.29 bits per heavy atom. The second kappa shape index (κ2) is 8.29. The zero-order chi connectivity index (χ0) is 15.1. The van der Waals surface area contributed by atoms with Crippen molar-refractivity contribution in [1.29, 1.82) is 0 Å². The monoisotopic (exact) mass is 293 g/mol. The van der Waals surface area contributed by atoms with Gasteiger partial charge in [0, 0.05) is 26.8 Å². The van der Waals surface area contributed by atoms with E-state index in [2.05, 4.69) is 15.3 Å². The first-order chi connectivity index (χ1) is 10.3. The zero-order valence-electron chi connectivity index (χ0n) is 13.4. The summed E-state index contributed by atoms with van der Waals surface area (Å²) in [7, 11) is 3.56. The smallest absolute Gasteiger partial charge is 0.160 e. The number of ether oxygens (including phenoxy) is 2. The summed E-state index contributed by atoms with van der Waals surface area (Å²) in [4.78, 5) is 9.29. The molecule has 0 spiro atoms. The van der Waals surface area contributed by atoms with E-state index in [0.29, 0.717) is 19.1 Å². The summed E-state index contributed by atoms with van der Waals surface area (Å²) < 4.78 is 11.2. The number of methoxy groups -OCH3 is 1. The van der Waals surface area contributed by atoms with Gasteiger partial charge in [0.25, 0.3) is 0 Å². The Hall–Kier alpha value is -1.20. The predicted octanol–water partition coefficient (Wildman–Crippen LogP) is 3.32. The third-order valence-corrected chi connectivity index (χ3v) is 4.02. The molecular formula is C16H27N3O2. The largest absolute Gasteiger partial charge is 0.378 e. The molecule has 1 saturated carbocycles. The molecule has 1 aliphatic carbocycles. The van der Waals surface area contributed by atoms with Gasteiger partial charge in [-0.3, -0.25) is 0 Å². The van der Waals surface area contributed by atoms with E-state index in [1.165, 1.54) is 32.1 Å². The molecule has 1 aromatic heterocycles. The van der Waals surface area contributed by atoms with E-state index in [0.717, 1.165) is 17.3 Å². The molecule has 1 fully saturated rings. The molecule has 2 rings (SSSR count). The van der Waals surface area contributed by atoms with E-state index in [9.17, 15) is 0 Å². The van der Waals surface area contributed by atoms with Gasteiger partial charge in [0.15, 0.2) is 5.82 Å². The molecule has 5 heteroatoms. The molecule has 0 amide bonds. The van der Waals surface area contributed by atoms with E-state index in [1.54, 1.807) is 7.11 Å². The molecule has 1 unspecified atom stereocenters. The summed E-state index contributed by atoms with van der Waals surface area (Å²) >= 11 is 0. The van der Waals surface area contributed by atoms with Gasteiger partial charge in [-0.25, -0.2) is 9.97 Å². The van der Waals surface area contributed by atoms with Crippen LogP contribution in [0.25, 0.3) is 0 Å². The molecule has 0 aliphatic heterocycles. The highest BCUT2D eigenvalue weighted by Crippen LogP contribution is 2.36. The third-order valence-electron chi connectivity index (χ3n) is 4.02. The lowest BCUT2D eigenvalue weighted by Gasteiger charge is -2.29. The second-order valence-electron chi connectivity index (χ2n) is 5.56. The van der Waals surface area contributed by atoms with Crippen molar-refractivity contribution >= 4 is 5.82 Å². The van der Waals surface area contributed by atoms with Crippen molar-refractivity contribution in [3.63, 3.8) is 0 Å². The van der Waals surface area contributed by atoms with Crippen LogP contribution in [0.1, 0.15) is 56.7 Å². The average molecular weight is 293 g/mol. The lowest BCUT2D eigenvalue weighted by molar-refractivity contribution is -0.000431. The van der Waals surface area contributed by atoms with E-state index < -0.39 is 0 Å². The Morgan fingerprint density at radius 3 is 2.67 bits per heavy atom. The molecule has 1 aliphatic rings. The summed E-state index contributed by atoms with van der Waals surface area (Å²) in [6.07, 6.45) is 6.31. The minimum absolute atomic E-state index is 0.000735. The Balaban J connectivity index is 2.26. The Morgan fingerprint density at radius 2 is 2.05 bits per heavy atom. The van der Waals surface area contributed by atoms with Crippen LogP contribution in [0.4, 0.5) is 5.82 Å². The molecule has 0 saturated heterocycles. The fraction of sp³-hybridized carbons (Fsp3) is 0.750. The predicted molar refractivity (Wildman–Crippen MR) is 83.2 cm³/mol. The van der Waals surface area contributed by atoms with Crippen LogP contribution in [0.3, 0.4) is 0 Å². The SMILES string of the molecule is CCOC(c1nc(COC)cc(NC)n1)C1CCCCC1. The third kappa shape index (κ3) is 4.38. The molecule has 118 valence electrons. The van der Waals surface area contributed by atoms with Crippen LogP contribution in [0, 0.1) is 5.92 Å². The van der Waals surface area contributed by atoms with Crippen molar-refractivity contribution in [3.8, 4) is 0 Å². The van der Waals surface area contributed by atoms with Gasteiger partial charge in [-0.2, -0.15) is 0 Å². The number of aromatic nitrogens is 2. The van der Waals surface area contributed by atoms with Gasteiger partial charge in [-0.1, -0.05) is 19.3 Å². The van der Waals surface area contributed by atoms with Crippen molar-refractivity contribution in [1.82, 2.24) is 9.97 Å². The van der Waals surface area contributed by atoms with Crippen LogP contribution in [-0.2, 0) is 16.1 Å². The Labute approximate surface area is 127 Å². The Kier molecular flexibility index (Phi) is 6.39. The van der Waals surface area contributed by atoms with E-state index in [1.807, 2.05) is 20.0 Å². The number of rotatable bonds is 7. The van der Waals surface area contributed by atoms with Gasteiger partial charge in [0.2, 0.25) is 0 Å². The molecule has 5 nitrogen and oxygen atoms in total. The fourth-order valence-electron chi connectivity index (χ4n) is 3.03. The van der Waals surface area contributed by atoms with Crippen molar-refractivity contribution in [2.45, 2.75) is 51.7 Å². The highest BCUT2D eigenvalue weighted by molar-refractivity contribution is 5.35. The van der Waals surface area contributed by atoms with Gasteiger partial charge in [0.05, 0.1) is 12.3 Å². The molecular weight excluding hydrogens is 266 g/mol. The summed E-state index contributed by atoms with van der Waals surface area (Å²) in [6.45, 7) is 3.22. The molecule has 0 aromatic carbocycles. The summed E-state index contributed by atoms with van der Waals surface area (Å²) in [6, 6.07) is 1.93. The maximum Gasteiger partial charge on any atom is 0.160 e. The van der Waals surface area contributed by atoms with Crippen LogP contribution in [-0.4, -0.2) is 30.7 Å². The van der Waals surface area contributed by atoms with Gasteiger partial charge in [0.1, 0.15) is 11.9 Å². The van der Waals surface area contributed by atoms with E-state index in [4.69, 9.17) is 9.47 Å². The molecule has 0 bridgehead atoms. The lowest BCUT2D eigenvalue weighted by Crippen LogP contribution is -2.22. The summed E-state index contributed by atoms with van der Waals surface area (Å²) in [5.41, 5.74) is 0.896. The minimum Gasteiger partial charge on any atom is -0.378 e. The Bertz CT molecular complexity index is 434. The summed E-state index contributed by atoms with van der Waals surface area (Å²) in [5, 5.41) is 3.10. The summed E-state index contributed by atoms with van der Waals surface area (Å²) in [5.74, 6) is 2.15. The van der Waals surface area contributed by atoms with Crippen molar-refractivity contribution in [2.75, 3.05) is 26.1 Å². The second-order valence-corrected chi connectivity index (χ2v) is 5.56. The molecule has 1 aromatic rings. The molecule has 1 heterocycles. The highest BCUT2D eigenvalue weighted by atomic mass is 16.5. The number of hydrogen-bond donors (Lipinski definition) is 1. The van der Waals surface area contributed by atoms with Crippen LogP contribution in [0.2, 0.25) is 0 Å². The van der Waals surface area contributed by atoms with Crippen LogP contribution >= 0.6 is 0 Å². The van der Waals surface area contributed by atoms with Gasteiger partial charge >= 0.3 is 0 Å².